The number of aromatic nitrogens is 7. The number of fused-ring (bicyclic) bond motifs is 1. The fourth-order valence-corrected chi connectivity index (χ4v) is 4.35. The molecule has 0 saturated heterocycles. The minimum atomic E-state index is -4.53. The van der Waals surface area contributed by atoms with E-state index in [9.17, 15) is 13.2 Å². The summed E-state index contributed by atoms with van der Waals surface area (Å²) in [5.41, 5.74) is 1.30. The standard InChI is InChI=1S/C21H26F3N7OSi/c1-13-29-19(14-10-27-28-11-14)18-15(16(21(22,23)24)9-17-25-5-6-26-17)12-31(20(18)30-13)32-7-8-33(2,3)4/h5-6,10-12,16H,7-9H2,1-4H3,(H,25,26)(H,27,28). The van der Waals surface area contributed by atoms with Crippen molar-refractivity contribution in [3.63, 3.8) is 0 Å². The maximum atomic E-state index is 14.4. The third-order valence-corrected chi connectivity index (χ3v) is 7.04. The summed E-state index contributed by atoms with van der Waals surface area (Å²) in [6.45, 7) is 8.72. The van der Waals surface area contributed by atoms with E-state index in [-0.39, 0.29) is 17.8 Å². The Morgan fingerprint density at radius 1 is 1.21 bits per heavy atom. The van der Waals surface area contributed by atoms with Gasteiger partial charge in [-0.15, -0.1) is 0 Å². The topological polar surface area (TPSA) is 97.3 Å². The van der Waals surface area contributed by atoms with Crippen molar-refractivity contribution < 1.29 is 18.0 Å². The average molecular weight is 478 g/mol. The molecule has 176 valence electrons. The van der Waals surface area contributed by atoms with Gasteiger partial charge in [0.05, 0.1) is 29.4 Å². The first-order valence-corrected chi connectivity index (χ1v) is 14.3. The molecule has 0 aliphatic carbocycles. The van der Waals surface area contributed by atoms with Crippen LogP contribution < -0.4 is 4.84 Å². The molecule has 4 heterocycles. The number of alkyl halides is 3. The van der Waals surface area contributed by atoms with Crippen LogP contribution in [0, 0.1) is 6.92 Å². The number of H-pyrrole nitrogens is 2. The van der Waals surface area contributed by atoms with Crippen LogP contribution in [0.3, 0.4) is 0 Å². The van der Waals surface area contributed by atoms with Gasteiger partial charge in [0.2, 0.25) is 0 Å². The third-order valence-electron chi connectivity index (χ3n) is 5.33. The molecule has 0 radical (unpaired) electrons. The van der Waals surface area contributed by atoms with Crippen LogP contribution in [0.5, 0.6) is 0 Å². The summed E-state index contributed by atoms with van der Waals surface area (Å²) in [6.07, 6.45) is 2.61. The van der Waals surface area contributed by atoms with Crippen molar-refractivity contribution in [2.45, 2.75) is 51.1 Å². The number of nitrogens with zero attached hydrogens (tertiary/aromatic N) is 5. The van der Waals surface area contributed by atoms with Crippen molar-refractivity contribution in [3.05, 3.63) is 48.2 Å². The molecule has 33 heavy (non-hydrogen) atoms. The lowest BCUT2D eigenvalue weighted by Gasteiger charge is -2.19. The molecular weight excluding hydrogens is 451 g/mol. The molecule has 0 aromatic carbocycles. The number of hydrogen-bond acceptors (Lipinski definition) is 5. The van der Waals surface area contributed by atoms with Crippen LogP contribution in [0.25, 0.3) is 22.3 Å². The van der Waals surface area contributed by atoms with Gasteiger partial charge >= 0.3 is 6.18 Å². The van der Waals surface area contributed by atoms with Crippen LogP contribution in [0.15, 0.2) is 31.0 Å². The molecule has 0 saturated carbocycles. The summed E-state index contributed by atoms with van der Waals surface area (Å²) >= 11 is 0. The van der Waals surface area contributed by atoms with Gasteiger partial charge in [-0.2, -0.15) is 23.0 Å². The molecule has 4 aromatic heterocycles. The highest BCUT2D eigenvalue weighted by molar-refractivity contribution is 6.76. The first-order valence-electron chi connectivity index (χ1n) is 10.6. The van der Waals surface area contributed by atoms with Crippen molar-refractivity contribution in [2.24, 2.45) is 0 Å². The minimum absolute atomic E-state index is 0.0399. The second kappa shape index (κ2) is 8.65. The Morgan fingerprint density at radius 3 is 2.61 bits per heavy atom. The summed E-state index contributed by atoms with van der Waals surface area (Å²) in [5.74, 6) is -1.16. The molecule has 8 nitrogen and oxygen atoms in total. The van der Waals surface area contributed by atoms with E-state index in [1.54, 1.807) is 13.1 Å². The van der Waals surface area contributed by atoms with E-state index in [2.05, 4.69) is 49.8 Å². The van der Waals surface area contributed by atoms with E-state index >= 15 is 0 Å². The van der Waals surface area contributed by atoms with Crippen LogP contribution in [-0.4, -0.2) is 55.7 Å². The largest absolute Gasteiger partial charge is 0.413 e. The van der Waals surface area contributed by atoms with E-state index in [1.165, 1.54) is 29.5 Å². The van der Waals surface area contributed by atoms with Crippen LogP contribution in [-0.2, 0) is 6.42 Å². The van der Waals surface area contributed by atoms with E-state index in [0.717, 1.165) is 6.04 Å². The monoisotopic (exact) mass is 477 g/mol. The van der Waals surface area contributed by atoms with E-state index < -0.39 is 20.2 Å². The van der Waals surface area contributed by atoms with Gasteiger partial charge in [0.1, 0.15) is 18.3 Å². The fourth-order valence-electron chi connectivity index (χ4n) is 3.64. The highest BCUT2D eigenvalue weighted by atomic mass is 28.3. The zero-order chi connectivity index (χ0) is 23.8. The maximum absolute atomic E-state index is 14.4. The van der Waals surface area contributed by atoms with Crippen LogP contribution in [0.1, 0.15) is 23.1 Å². The SMILES string of the molecule is Cc1nc(-c2cn[nH]c2)c2c(C(Cc3ncc[nH]3)C(F)(F)F)cn(OCC[Si](C)(C)C)c2n1. The molecule has 12 heteroatoms. The van der Waals surface area contributed by atoms with E-state index in [1.807, 2.05) is 0 Å². The van der Waals surface area contributed by atoms with Gasteiger partial charge in [-0.25, -0.2) is 15.0 Å². The predicted octanol–water partition coefficient (Wildman–Crippen LogP) is 4.51. The second-order valence-corrected chi connectivity index (χ2v) is 14.8. The molecule has 4 aromatic rings. The molecule has 0 aliphatic heterocycles. The molecule has 0 bridgehead atoms. The van der Waals surface area contributed by atoms with Crippen molar-refractivity contribution in [3.8, 4) is 11.3 Å². The smallest absolute Gasteiger partial charge is 0.396 e. The Labute approximate surface area is 189 Å². The van der Waals surface area contributed by atoms with E-state index in [4.69, 9.17) is 4.84 Å². The van der Waals surface area contributed by atoms with Gasteiger partial charge in [0.25, 0.3) is 0 Å². The third kappa shape index (κ3) is 5.10. The van der Waals surface area contributed by atoms with Crippen LogP contribution >= 0.6 is 0 Å². The quantitative estimate of drug-likeness (QED) is 0.364. The molecule has 0 amide bonds. The molecular formula is C21H26F3N7OSi. The van der Waals surface area contributed by atoms with Gasteiger partial charge in [-0.1, -0.05) is 19.6 Å². The Balaban J connectivity index is 1.89. The highest BCUT2D eigenvalue weighted by Crippen LogP contribution is 2.42. The lowest BCUT2D eigenvalue weighted by molar-refractivity contribution is -0.150. The molecule has 0 spiro atoms. The number of rotatable bonds is 8. The molecule has 2 N–H and O–H groups in total. The zero-order valence-electron chi connectivity index (χ0n) is 18.9. The van der Waals surface area contributed by atoms with Crippen molar-refractivity contribution in [2.75, 3.05) is 6.61 Å². The Kier molecular flexibility index (Phi) is 6.04. The zero-order valence-corrected chi connectivity index (χ0v) is 19.9. The number of aryl methyl sites for hydroxylation is 1. The summed E-state index contributed by atoms with van der Waals surface area (Å²) in [7, 11) is -1.41. The summed E-state index contributed by atoms with van der Waals surface area (Å²) in [6, 6.07) is 0.857. The molecule has 4 rings (SSSR count). The van der Waals surface area contributed by atoms with Crippen molar-refractivity contribution in [1.29, 1.82) is 0 Å². The number of hydrogen-bond donors (Lipinski definition) is 2. The first kappa shape index (κ1) is 23.0. The van der Waals surface area contributed by atoms with Gasteiger partial charge in [0, 0.05) is 38.6 Å². The molecule has 1 atom stereocenters. The van der Waals surface area contributed by atoms with Gasteiger partial charge < -0.3 is 9.82 Å². The van der Waals surface area contributed by atoms with Crippen molar-refractivity contribution in [1.82, 2.24) is 34.9 Å². The van der Waals surface area contributed by atoms with Gasteiger partial charge in [0.15, 0.2) is 5.65 Å². The number of aromatic amines is 2. The lowest BCUT2D eigenvalue weighted by atomic mass is 9.93. The predicted molar refractivity (Wildman–Crippen MR) is 121 cm³/mol. The average Bonchev–Trinajstić information content (AvgIpc) is 3.46. The van der Waals surface area contributed by atoms with Crippen molar-refractivity contribution >= 4 is 19.1 Å². The summed E-state index contributed by atoms with van der Waals surface area (Å²) in [4.78, 5) is 21.7. The Morgan fingerprint density at radius 2 is 2.00 bits per heavy atom. The lowest BCUT2D eigenvalue weighted by Crippen LogP contribution is -2.25. The van der Waals surface area contributed by atoms with Crippen LogP contribution in [0.2, 0.25) is 25.7 Å². The Bertz CT molecular complexity index is 1210. The summed E-state index contributed by atoms with van der Waals surface area (Å²) < 4.78 is 44.4. The summed E-state index contributed by atoms with van der Waals surface area (Å²) in [5, 5.41) is 6.95. The minimum Gasteiger partial charge on any atom is -0.413 e. The number of nitrogens with one attached hydrogen (secondary N) is 2. The fraction of sp³-hybridized carbons (Fsp3) is 0.429. The van der Waals surface area contributed by atoms with Gasteiger partial charge in [-0.05, 0) is 18.5 Å². The van der Waals surface area contributed by atoms with Crippen LogP contribution in [0.4, 0.5) is 13.2 Å². The first-order chi connectivity index (χ1) is 15.5. The van der Waals surface area contributed by atoms with E-state index in [0.29, 0.717) is 34.7 Å². The molecule has 0 fully saturated rings. The normalized spacial score (nSPS) is 13.5. The second-order valence-electron chi connectivity index (χ2n) is 9.19. The number of imidazole rings is 1. The van der Waals surface area contributed by atoms with Gasteiger partial charge in [-0.3, -0.25) is 5.10 Å². The maximum Gasteiger partial charge on any atom is 0.396 e. The number of halogens is 3. The molecule has 1 unspecified atom stereocenters. The molecule has 0 aliphatic rings. The highest BCUT2D eigenvalue weighted by Gasteiger charge is 2.43. The Hall–Kier alpha value is -3.15.